The van der Waals surface area contributed by atoms with E-state index in [1.165, 1.54) is 0 Å². The van der Waals surface area contributed by atoms with E-state index in [2.05, 4.69) is 5.32 Å². The minimum atomic E-state index is -0.849. The molecule has 0 aliphatic rings. The fourth-order valence-electron chi connectivity index (χ4n) is 2.67. The van der Waals surface area contributed by atoms with Crippen LogP contribution in [-0.4, -0.2) is 29.4 Å². The van der Waals surface area contributed by atoms with Crippen LogP contribution < -0.4 is 10.1 Å². The van der Waals surface area contributed by atoms with Gasteiger partial charge in [-0.05, 0) is 56.2 Å². The van der Waals surface area contributed by atoms with Gasteiger partial charge in [0.2, 0.25) is 5.91 Å². The van der Waals surface area contributed by atoms with Crippen LogP contribution in [0.5, 0.6) is 5.75 Å². The van der Waals surface area contributed by atoms with Crippen molar-refractivity contribution in [3.8, 4) is 5.75 Å². The number of ether oxygens (including phenoxy) is 1. The van der Waals surface area contributed by atoms with E-state index >= 15 is 0 Å². The summed E-state index contributed by atoms with van der Waals surface area (Å²) in [6.07, 6.45) is 0.762. The van der Waals surface area contributed by atoms with Crippen LogP contribution in [0.25, 0.3) is 0 Å². The Labute approximate surface area is 164 Å². The molecule has 0 saturated heterocycles. The molecule has 1 amide bonds. The number of carboxylic acids is 1. The zero-order valence-corrected chi connectivity index (χ0v) is 16.2. The zero-order valence-electron chi connectivity index (χ0n) is 16.2. The molecule has 0 fully saturated rings. The summed E-state index contributed by atoms with van der Waals surface area (Å²) in [4.78, 5) is 34.9. The molecule has 148 valence electrons. The van der Waals surface area contributed by atoms with Crippen molar-refractivity contribution < 1.29 is 24.2 Å². The summed E-state index contributed by atoms with van der Waals surface area (Å²) in [7, 11) is 0. The number of hydrogen-bond acceptors (Lipinski definition) is 4. The van der Waals surface area contributed by atoms with Crippen LogP contribution in [0.15, 0.2) is 42.5 Å². The molecule has 0 bridgehead atoms. The summed E-state index contributed by atoms with van der Waals surface area (Å²) in [6, 6.07) is 12.5. The first-order chi connectivity index (χ1) is 13.3. The van der Waals surface area contributed by atoms with Gasteiger partial charge in [-0.15, -0.1) is 0 Å². The SMILES string of the molecule is Cc1ccc(C)c(C(=O)CCC(=O)Nc2ccc(OCCCC(=O)O)cc2)c1. The molecule has 2 aromatic rings. The van der Waals surface area contributed by atoms with Crippen molar-refractivity contribution in [1.29, 1.82) is 0 Å². The number of benzene rings is 2. The van der Waals surface area contributed by atoms with Gasteiger partial charge in [0.25, 0.3) is 0 Å². The number of carboxylic acid groups (broad SMARTS) is 1. The molecule has 6 heteroatoms. The summed E-state index contributed by atoms with van der Waals surface area (Å²) < 4.78 is 5.44. The predicted molar refractivity (Wildman–Crippen MR) is 107 cm³/mol. The van der Waals surface area contributed by atoms with Crippen molar-refractivity contribution in [2.45, 2.75) is 39.5 Å². The molecular weight excluding hydrogens is 358 g/mol. The molecule has 0 spiro atoms. The van der Waals surface area contributed by atoms with Crippen molar-refractivity contribution in [2.75, 3.05) is 11.9 Å². The number of rotatable bonds is 10. The number of carbonyl (C=O) groups excluding carboxylic acids is 2. The van der Waals surface area contributed by atoms with E-state index in [1.54, 1.807) is 24.3 Å². The zero-order chi connectivity index (χ0) is 20.5. The van der Waals surface area contributed by atoms with Crippen LogP contribution in [0.2, 0.25) is 0 Å². The average molecular weight is 383 g/mol. The Kier molecular flexibility index (Phi) is 7.75. The van der Waals surface area contributed by atoms with E-state index < -0.39 is 5.97 Å². The van der Waals surface area contributed by atoms with Gasteiger partial charge in [0, 0.05) is 30.5 Å². The monoisotopic (exact) mass is 383 g/mol. The molecule has 0 aliphatic heterocycles. The van der Waals surface area contributed by atoms with Crippen molar-refractivity contribution >= 4 is 23.3 Å². The number of hydrogen-bond donors (Lipinski definition) is 2. The molecule has 28 heavy (non-hydrogen) atoms. The van der Waals surface area contributed by atoms with Gasteiger partial charge in [-0.2, -0.15) is 0 Å². The highest BCUT2D eigenvalue weighted by Crippen LogP contribution is 2.17. The third-order valence-electron chi connectivity index (χ3n) is 4.21. The van der Waals surface area contributed by atoms with Gasteiger partial charge in [0.1, 0.15) is 5.75 Å². The summed E-state index contributed by atoms with van der Waals surface area (Å²) in [5, 5.41) is 11.3. The number of aryl methyl sites for hydroxylation is 2. The first-order valence-corrected chi connectivity index (χ1v) is 9.20. The highest BCUT2D eigenvalue weighted by Gasteiger charge is 2.12. The predicted octanol–water partition coefficient (Wildman–Crippen LogP) is 4.15. The lowest BCUT2D eigenvalue weighted by Gasteiger charge is -2.09. The summed E-state index contributed by atoms with van der Waals surface area (Å²) in [5.74, 6) is -0.513. The molecule has 0 aromatic heterocycles. The lowest BCUT2D eigenvalue weighted by molar-refractivity contribution is -0.137. The van der Waals surface area contributed by atoms with Crippen LogP contribution in [0, 0.1) is 13.8 Å². The van der Waals surface area contributed by atoms with E-state index in [0.29, 0.717) is 30.0 Å². The van der Waals surface area contributed by atoms with E-state index in [1.807, 2.05) is 32.0 Å². The second-order valence-corrected chi connectivity index (χ2v) is 6.66. The quantitative estimate of drug-likeness (QED) is 0.475. The van der Waals surface area contributed by atoms with Crippen LogP contribution in [0.1, 0.15) is 47.2 Å². The molecule has 2 aromatic carbocycles. The Morgan fingerprint density at radius 1 is 0.964 bits per heavy atom. The minimum absolute atomic E-state index is 0.0403. The highest BCUT2D eigenvalue weighted by atomic mass is 16.5. The normalized spacial score (nSPS) is 10.4. The summed E-state index contributed by atoms with van der Waals surface area (Å²) in [6.45, 7) is 4.14. The third-order valence-corrected chi connectivity index (χ3v) is 4.21. The maximum absolute atomic E-state index is 12.4. The lowest BCUT2D eigenvalue weighted by Crippen LogP contribution is -2.14. The van der Waals surface area contributed by atoms with Gasteiger partial charge < -0.3 is 15.2 Å². The number of anilines is 1. The van der Waals surface area contributed by atoms with Crippen LogP contribution in [-0.2, 0) is 9.59 Å². The Bertz CT molecular complexity index is 843. The first-order valence-electron chi connectivity index (χ1n) is 9.20. The molecule has 0 saturated carbocycles. The largest absolute Gasteiger partial charge is 0.494 e. The van der Waals surface area contributed by atoms with Gasteiger partial charge in [0.05, 0.1) is 6.61 Å². The fourth-order valence-corrected chi connectivity index (χ4v) is 2.67. The number of amides is 1. The smallest absolute Gasteiger partial charge is 0.303 e. The number of carbonyl (C=O) groups is 3. The number of ketones is 1. The average Bonchev–Trinajstić information content (AvgIpc) is 2.66. The molecule has 6 nitrogen and oxygen atoms in total. The minimum Gasteiger partial charge on any atom is -0.494 e. The van der Waals surface area contributed by atoms with Crippen LogP contribution in [0.3, 0.4) is 0 Å². The van der Waals surface area contributed by atoms with Crippen molar-refractivity contribution in [3.05, 3.63) is 59.2 Å². The van der Waals surface area contributed by atoms with E-state index in [0.717, 1.165) is 11.1 Å². The molecule has 0 aliphatic carbocycles. The Hall–Kier alpha value is -3.15. The molecule has 2 N–H and O–H groups in total. The van der Waals surface area contributed by atoms with Gasteiger partial charge in [0.15, 0.2) is 5.78 Å². The van der Waals surface area contributed by atoms with Crippen molar-refractivity contribution in [1.82, 2.24) is 0 Å². The molecule has 0 unspecified atom stereocenters. The Morgan fingerprint density at radius 3 is 2.36 bits per heavy atom. The van der Waals surface area contributed by atoms with Crippen molar-refractivity contribution in [3.63, 3.8) is 0 Å². The maximum atomic E-state index is 12.4. The van der Waals surface area contributed by atoms with E-state index in [9.17, 15) is 14.4 Å². The summed E-state index contributed by atoms with van der Waals surface area (Å²) >= 11 is 0. The first kappa shape index (κ1) is 21.2. The number of nitrogens with one attached hydrogen (secondary N) is 1. The van der Waals surface area contributed by atoms with Crippen LogP contribution >= 0.6 is 0 Å². The maximum Gasteiger partial charge on any atom is 0.303 e. The second-order valence-electron chi connectivity index (χ2n) is 6.66. The number of Topliss-reactive ketones (excluding diaryl/α,β-unsaturated/α-hetero) is 1. The topological polar surface area (TPSA) is 92.7 Å². The second kappa shape index (κ2) is 10.3. The third kappa shape index (κ3) is 6.87. The van der Waals surface area contributed by atoms with E-state index in [4.69, 9.17) is 9.84 Å². The summed E-state index contributed by atoms with van der Waals surface area (Å²) in [5.41, 5.74) is 3.21. The fraction of sp³-hybridized carbons (Fsp3) is 0.318. The standard InChI is InChI=1S/C22H25NO5/c1-15-5-6-16(2)19(14-15)20(24)11-12-21(25)23-17-7-9-18(10-8-17)28-13-3-4-22(26)27/h5-10,14H,3-4,11-13H2,1-2H3,(H,23,25)(H,26,27). The van der Waals surface area contributed by atoms with Gasteiger partial charge in [-0.25, -0.2) is 0 Å². The van der Waals surface area contributed by atoms with Gasteiger partial charge >= 0.3 is 5.97 Å². The Balaban J connectivity index is 1.78. The lowest BCUT2D eigenvalue weighted by atomic mass is 9.99. The Morgan fingerprint density at radius 2 is 1.68 bits per heavy atom. The highest BCUT2D eigenvalue weighted by molar-refractivity contribution is 6.01. The van der Waals surface area contributed by atoms with Gasteiger partial charge in [-0.3, -0.25) is 14.4 Å². The molecule has 2 rings (SSSR count). The van der Waals surface area contributed by atoms with Crippen molar-refractivity contribution in [2.24, 2.45) is 0 Å². The van der Waals surface area contributed by atoms with Gasteiger partial charge in [-0.1, -0.05) is 17.7 Å². The van der Waals surface area contributed by atoms with E-state index in [-0.39, 0.29) is 31.0 Å². The molecule has 0 atom stereocenters. The molecule has 0 radical (unpaired) electrons. The molecular formula is C22H25NO5. The number of aliphatic carboxylic acids is 1. The molecule has 0 heterocycles. The van der Waals surface area contributed by atoms with Crippen LogP contribution in [0.4, 0.5) is 5.69 Å².